The van der Waals surface area contributed by atoms with Gasteiger partial charge in [0.15, 0.2) is 17.3 Å². The SMILES string of the molecule is CCN1CCN(C(=O)c2[nH]c3c(c2C)C(=O)CCC3)CCC(=O)NCC2CCCN(C2)c2nc3cc(OC)c(OC)c(OC)c3cc2C1. The molecule has 2 aromatic heterocycles. The van der Waals surface area contributed by atoms with E-state index in [9.17, 15) is 14.4 Å². The smallest absolute Gasteiger partial charge is 0.270 e. The number of fused-ring (bicyclic) bond motifs is 6. The summed E-state index contributed by atoms with van der Waals surface area (Å²) in [6.07, 6.45) is 4.26. The molecule has 2 amide bonds. The Morgan fingerprint density at radius 2 is 1.79 bits per heavy atom. The number of H-pyrrole nitrogens is 1. The van der Waals surface area contributed by atoms with E-state index in [1.807, 2.05) is 13.0 Å². The van der Waals surface area contributed by atoms with Crippen LogP contribution in [0.25, 0.3) is 10.9 Å². The number of pyridine rings is 1. The number of likely N-dealkylation sites (N-methyl/N-ethyl adjacent to an activating group) is 1. The van der Waals surface area contributed by atoms with Crippen LogP contribution in [0.4, 0.5) is 5.82 Å². The first kappa shape index (κ1) is 33.6. The van der Waals surface area contributed by atoms with Crippen molar-refractivity contribution in [2.24, 2.45) is 5.92 Å². The molecule has 12 nitrogen and oxygen atoms in total. The number of nitrogens with one attached hydrogen (secondary N) is 2. The summed E-state index contributed by atoms with van der Waals surface area (Å²) in [5, 5.41) is 3.98. The van der Waals surface area contributed by atoms with E-state index in [-0.39, 0.29) is 36.5 Å². The summed E-state index contributed by atoms with van der Waals surface area (Å²) < 4.78 is 17.2. The van der Waals surface area contributed by atoms with Crippen LogP contribution in [0.15, 0.2) is 12.1 Å². The van der Waals surface area contributed by atoms with Crippen molar-refractivity contribution in [3.05, 3.63) is 40.2 Å². The first-order chi connectivity index (χ1) is 23.3. The van der Waals surface area contributed by atoms with Gasteiger partial charge < -0.3 is 34.3 Å². The molecule has 48 heavy (non-hydrogen) atoms. The van der Waals surface area contributed by atoms with Crippen molar-refractivity contribution < 1.29 is 28.6 Å². The van der Waals surface area contributed by atoms with Gasteiger partial charge in [0, 0.05) is 86.9 Å². The molecule has 12 heteroatoms. The molecule has 2 N–H and O–H groups in total. The molecule has 0 radical (unpaired) electrons. The number of ether oxygens (including phenoxy) is 3. The van der Waals surface area contributed by atoms with Crippen molar-refractivity contribution in [3.8, 4) is 17.2 Å². The number of amides is 2. The summed E-state index contributed by atoms with van der Waals surface area (Å²) in [6.45, 7) is 8.84. The van der Waals surface area contributed by atoms with Crippen LogP contribution in [-0.4, -0.2) is 105 Å². The Hall–Kier alpha value is -4.32. The summed E-state index contributed by atoms with van der Waals surface area (Å²) in [6, 6.07) is 4.04. The van der Waals surface area contributed by atoms with Crippen molar-refractivity contribution >= 4 is 34.3 Å². The van der Waals surface area contributed by atoms with Gasteiger partial charge >= 0.3 is 0 Å². The second-order valence-electron chi connectivity index (χ2n) is 13.1. The van der Waals surface area contributed by atoms with Gasteiger partial charge in [0.05, 0.1) is 26.8 Å². The zero-order valence-electron chi connectivity index (χ0n) is 28.9. The van der Waals surface area contributed by atoms with Gasteiger partial charge in [0.25, 0.3) is 5.91 Å². The molecule has 1 unspecified atom stereocenters. The van der Waals surface area contributed by atoms with Gasteiger partial charge in [-0.25, -0.2) is 4.98 Å². The van der Waals surface area contributed by atoms with Crippen LogP contribution in [-0.2, 0) is 17.8 Å². The first-order valence-corrected chi connectivity index (χ1v) is 17.2. The molecular weight excluding hydrogens is 612 g/mol. The van der Waals surface area contributed by atoms with Gasteiger partial charge in [-0.05, 0) is 56.7 Å². The van der Waals surface area contributed by atoms with E-state index in [0.29, 0.717) is 66.7 Å². The first-order valence-electron chi connectivity index (χ1n) is 17.2. The summed E-state index contributed by atoms with van der Waals surface area (Å²) in [5.41, 5.74) is 4.48. The normalized spacial score (nSPS) is 19.6. The summed E-state index contributed by atoms with van der Waals surface area (Å²) in [4.78, 5) is 54.9. The molecule has 2 bridgehead atoms. The van der Waals surface area contributed by atoms with E-state index in [4.69, 9.17) is 19.2 Å². The number of Topliss-reactive ketones (excluding diaryl/α,β-unsaturated/α-hetero) is 1. The average Bonchev–Trinajstić information content (AvgIpc) is 3.45. The Balaban J connectivity index is 1.37. The topological polar surface area (TPSA) is 129 Å². The van der Waals surface area contributed by atoms with Gasteiger partial charge in [0.1, 0.15) is 11.5 Å². The standard InChI is InChI=1S/C36H48N6O6/c1-6-40-15-16-41(36(45)32-22(2)31-26(38-32)10-7-11-28(31)43)14-12-30(44)37-19-23-9-8-13-42(20-23)35-24(21-40)17-25-27(39-35)18-29(46-3)34(48-5)33(25)47-4/h17-18,23,38H,6-16,19-21H2,1-5H3,(H,37,44). The van der Waals surface area contributed by atoms with E-state index >= 15 is 0 Å². The van der Waals surface area contributed by atoms with Crippen LogP contribution in [0.1, 0.15) is 76.7 Å². The van der Waals surface area contributed by atoms with Crippen LogP contribution in [0.2, 0.25) is 0 Å². The van der Waals surface area contributed by atoms with E-state index < -0.39 is 0 Å². The maximum atomic E-state index is 14.1. The van der Waals surface area contributed by atoms with Crippen LogP contribution >= 0.6 is 0 Å². The van der Waals surface area contributed by atoms with Crippen LogP contribution < -0.4 is 24.4 Å². The number of carbonyl (C=O) groups excluding carboxylic acids is 3. The van der Waals surface area contributed by atoms with Crippen molar-refractivity contribution in [1.82, 2.24) is 25.1 Å². The molecule has 2 aliphatic heterocycles. The highest BCUT2D eigenvalue weighted by Crippen LogP contribution is 2.44. The van der Waals surface area contributed by atoms with E-state index in [2.05, 4.69) is 33.1 Å². The monoisotopic (exact) mass is 660 g/mol. The van der Waals surface area contributed by atoms with Crippen LogP contribution in [0.5, 0.6) is 17.2 Å². The minimum atomic E-state index is -0.177. The fraction of sp³-hybridized carbons (Fsp3) is 0.556. The third kappa shape index (κ3) is 6.54. The summed E-state index contributed by atoms with van der Waals surface area (Å²) >= 11 is 0. The lowest BCUT2D eigenvalue weighted by atomic mass is 9.94. The number of anilines is 1. The third-order valence-corrected chi connectivity index (χ3v) is 10.2. The lowest BCUT2D eigenvalue weighted by molar-refractivity contribution is -0.121. The van der Waals surface area contributed by atoms with Crippen LogP contribution in [0, 0.1) is 12.8 Å². The number of benzene rings is 1. The van der Waals surface area contributed by atoms with E-state index in [1.54, 1.807) is 26.2 Å². The highest BCUT2D eigenvalue weighted by molar-refractivity contribution is 6.04. The molecule has 3 aromatic rings. The van der Waals surface area contributed by atoms with E-state index in [0.717, 1.165) is 73.3 Å². The molecule has 1 aromatic carbocycles. The summed E-state index contributed by atoms with van der Waals surface area (Å²) in [5.74, 6) is 2.66. The maximum absolute atomic E-state index is 14.1. The Bertz CT molecular complexity index is 1700. The number of piperidine rings is 1. The average molecular weight is 661 g/mol. The van der Waals surface area contributed by atoms with E-state index in [1.165, 1.54) is 0 Å². The quantitative estimate of drug-likeness (QED) is 0.415. The number of carbonyl (C=O) groups is 3. The Morgan fingerprint density at radius 3 is 2.52 bits per heavy atom. The van der Waals surface area contributed by atoms with Crippen molar-refractivity contribution in [3.63, 3.8) is 0 Å². The number of aromatic amines is 1. The molecular formula is C36H48N6O6. The lowest BCUT2D eigenvalue weighted by Crippen LogP contribution is -2.42. The molecule has 1 fully saturated rings. The van der Waals surface area contributed by atoms with Gasteiger partial charge in [-0.15, -0.1) is 0 Å². The second kappa shape index (κ2) is 14.4. The Kier molecular flexibility index (Phi) is 10.1. The van der Waals surface area contributed by atoms with Gasteiger partial charge in [-0.1, -0.05) is 6.92 Å². The third-order valence-electron chi connectivity index (χ3n) is 10.2. The minimum Gasteiger partial charge on any atom is -0.493 e. The second-order valence-corrected chi connectivity index (χ2v) is 13.1. The highest BCUT2D eigenvalue weighted by Gasteiger charge is 2.30. The fourth-order valence-electron chi connectivity index (χ4n) is 7.53. The van der Waals surface area contributed by atoms with Crippen LogP contribution in [0.3, 0.4) is 0 Å². The number of aromatic nitrogens is 2. The largest absolute Gasteiger partial charge is 0.493 e. The molecule has 1 atom stereocenters. The van der Waals surface area contributed by atoms with Crippen molar-refractivity contribution in [2.75, 3.05) is 72.0 Å². The zero-order chi connectivity index (χ0) is 33.9. The number of hydrogen-bond donors (Lipinski definition) is 2. The fourth-order valence-corrected chi connectivity index (χ4v) is 7.53. The molecule has 258 valence electrons. The Labute approximate surface area is 282 Å². The minimum absolute atomic E-state index is 0.0671. The summed E-state index contributed by atoms with van der Waals surface area (Å²) in [7, 11) is 4.83. The van der Waals surface area contributed by atoms with Gasteiger partial charge in [0.2, 0.25) is 11.7 Å². The lowest BCUT2D eigenvalue weighted by Gasteiger charge is -2.35. The Morgan fingerprint density at radius 1 is 0.979 bits per heavy atom. The molecule has 0 saturated carbocycles. The van der Waals surface area contributed by atoms with Crippen molar-refractivity contribution in [1.29, 1.82) is 0 Å². The zero-order valence-corrected chi connectivity index (χ0v) is 28.9. The molecule has 1 saturated heterocycles. The van der Waals surface area contributed by atoms with Gasteiger partial charge in [-0.3, -0.25) is 19.3 Å². The molecule has 6 rings (SSSR count). The number of ketones is 1. The number of nitrogens with zero attached hydrogens (tertiary/aromatic N) is 4. The molecule has 1 aliphatic carbocycles. The predicted octanol–water partition coefficient (Wildman–Crippen LogP) is 4.12. The number of aryl methyl sites for hydroxylation is 1. The molecule has 3 aliphatic rings. The van der Waals surface area contributed by atoms with Gasteiger partial charge in [-0.2, -0.15) is 0 Å². The number of methoxy groups -OCH3 is 3. The molecule has 0 spiro atoms. The number of hydrogen-bond acceptors (Lipinski definition) is 9. The molecule has 4 heterocycles. The maximum Gasteiger partial charge on any atom is 0.270 e. The highest BCUT2D eigenvalue weighted by atomic mass is 16.5. The predicted molar refractivity (Wildman–Crippen MR) is 184 cm³/mol. The van der Waals surface area contributed by atoms with Crippen molar-refractivity contribution in [2.45, 2.75) is 58.9 Å². The number of rotatable bonds is 5.